The van der Waals surface area contributed by atoms with E-state index in [0.29, 0.717) is 18.4 Å². The maximum absolute atomic E-state index is 12.8. The van der Waals surface area contributed by atoms with Gasteiger partial charge in [-0.05, 0) is 36.6 Å². The fourth-order valence-electron chi connectivity index (χ4n) is 1.65. The predicted molar refractivity (Wildman–Crippen MR) is 47.0 cm³/mol. The molecule has 1 unspecified atom stereocenters. The molecule has 3 heteroatoms. The Morgan fingerprint density at radius 3 is 3.00 bits per heavy atom. The minimum atomic E-state index is -0.405. The highest BCUT2D eigenvalue weighted by Crippen LogP contribution is 2.21. The Balaban J connectivity index is 2.50. The number of ketones is 1. The molecule has 0 aliphatic heterocycles. The van der Waals surface area contributed by atoms with Crippen molar-refractivity contribution in [3.05, 3.63) is 35.1 Å². The van der Waals surface area contributed by atoms with Gasteiger partial charge in [0.15, 0.2) is 5.78 Å². The second-order valence-electron chi connectivity index (χ2n) is 3.31. The zero-order chi connectivity index (χ0) is 9.42. The summed E-state index contributed by atoms with van der Waals surface area (Å²) in [6.45, 7) is 0. The van der Waals surface area contributed by atoms with Gasteiger partial charge in [-0.25, -0.2) is 4.39 Å². The number of hydrogen-bond acceptors (Lipinski definition) is 2. The van der Waals surface area contributed by atoms with Gasteiger partial charge >= 0.3 is 0 Å². The Hall–Kier alpha value is -1.22. The summed E-state index contributed by atoms with van der Waals surface area (Å²) in [6, 6.07) is 3.83. The Bertz CT molecular complexity index is 362. The quantitative estimate of drug-likeness (QED) is 0.652. The molecule has 0 fully saturated rings. The molecule has 0 radical (unpaired) electrons. The van der Waals surface area contributed by atoms with Gasteiger partial charge in [0.25, 0.3) is 0 Å². The van der Waals surface area contributed by atoms with E-state index in [1.807, 2.05) is 0 Å². The number of fused-ring (bicyclic) bond motifs is 1. The molecule has 1 aromatic carbocycles. The first-order chi connectivity index (χ1) is 6.18. The van der Waals surface area contributed by atoms with Crippen LogP contribution in [0.25, 0.3) is 0 Å². The first kappa shape index (κ1) is 8.38. The summed E-state index contributed by atoms with van der Waals surface area (Å²) in [4.78, 5) is 11.5. The number of carbonyl (C=O) groups is 1. The summed E-state index contributed by atoms with van der Waals surface area (Å²) >= 11 is 0. The lowest BCUT2D eigenvalue weighted by atomic mass is 9.88. The van der Waals surface area contributed by atoms with Crippen LogP contribution < -0.4 is 5.73 Å². The van der Waals surface area contributed by atoms with Crippen LogP contribution in [0.4, 0.5) is 4.39 Å². The van der Waals surface area contributed by atoms with E-state index in [2.05, 4.69) is 0 Å². The number of carbonyl (C=O) groups excluding carboxylic acids is 1. The van der Waals surface area contributed by atoms with Crippen molar-refractivity contribution >= 4 is 5.78 Å². The van der Waals surface area contributed by atoms with Crippen LogP contribution in [0.3, 0.4) is 0 Å². The molecule has 0 amide bonds. The lowest BCUT2D eigenvalue weighted by molar-refractivity contribution is 0.0948. The minimum Gasteiger partial charge on any atom is -0.321 e. The summed E-state index contributed by atoms with van der Waals surface area (Å²) in [5.74, 6) is -0.358. The van der Waals surface area contributed by atoms with E-state index in [4.69, 9.17) is 5.73 Å². The molecule has 13 heavy (non-hydrogen) atoms. The van der Waals surface area contributed by atoms with E-state index in [0.717, 1.165) is 5.56 Å². The molecule has 0 spiro atoms. The molecule has 2 nitrogen and oxygen atoms in total. The normalized spacial score (nSPS) is 21.4. The van der Waals surface area contributed by atoms with Gasteiger partial charge in [0.1, 0.15) is 5.82 Å². The standard InChI is InChI=1S/C10H10FNO/c11-7-2-3-8-6(5-7)1-4-9(12)10(8)13/h2-3,5,9H,1,4,12H2. The molecule has 0 saturated heterocycles. The van der Waals surface area contributed by atoms with Crippen molar-refractivity contribution in [1.82, 2.24) is 0 Å². The summed E-state index contributed by atoms with van der Waals surface area (Å²) in [5.41, 5.74) is 6.96. The summed E-state index contributed by atoms with van der Waals surface area (Å²) < 4.78 is 12.8. The number of halogens is 1. The lowest BCUT2D eigenvalue weighted by Gasteiger charge is -2.19. The molecule has 1 atom stereocenters. The van der Waals surface area contributed by atoms with E-state index in [1.165, 1.54) is 18.2 Å². The van der Waals surface area contributed by atoms with Crippen molar-refractivity contribution in [1.29, 1.82) is 0 Å². The zero-order valence-electron chi connectivity index (χ0n) is 7.09. The third-order valence-electron chi connectivity index (χ3n) is 2.39. The molecule has 0 aromatic heterocycles. The Kier molecular flexibility index (Phi) is 1.88. The molecule has 0 saturated carbocycles. The van der Waals surface area contributed by atoms with Gasteiger partial charge in [-0.2, -0.15) is 0 Å². The van der Waals surface area contributed by atoms with Crippen molar-refractivity contribution < 1.29 is 9.18 Å². The number of nitrogens with two attached hydrogens (primary N) is 1. The number of aryl methyl sites for hydroxylation is 1. The second-order valence-corrected chi connectivity index (χ2v) is 3.31. The van der Waals surface area contributed by atoms with Crippen molar-refractivity contribution in [2.45, 2.75) is 18.9 Å². The number of hydrogen-bond donors (Lipinski definition) is 1. The van der Waals surface area contributed by atoms with E-state index >= 15 is 0 Å². The lowest BCUT2D eigenvalue weighted by Crippen LogP contribution is -2.35. The Morgan fingerprint density at radius 2 is 2.23 bits per heavy atom. The maximum Gasteiger partial charge on any atom is 0.179 e. The third kappa shape index (κ3) is 1.35. The fraction of sp³-hybridized carbons (Fsp3) is 0.300. The average molecular weight is 179 g/mol. The van der Waals surface area contributed by atoms with E-state index in [-0.39, 0.29) is 11.6 Å². The monoisotopic (exact) mass is 179 g/mol. The predicted octanol–water partition coefficient (Wildman–Crippen LogP) is 1.28. The highest BCUT2D eigenvalue weighted by Gasteiger charge is 2.24. The Labute approximate surface area is 75.6 Å². The molecule has 2 N–H and O–H groups in total. The van der Waals surface area contributed by atoms with E-state index in [1.54, 1.807) is 0 Å². The molecule has 0 bridgehead atoms. The molecule has 1 aliphatic carbocycles. The maximum atomic E-state index is 12.8. The van der Waals surface area contributed by atoms with Gasteiger partial charge in [-0.3, -0.25) is 4.79 Å². The highest BCUT2D eigenvalue weighted by atomic mass is 19.1. The van der Waals surface area contributed by atoms with E-state index < -0.39 is 6.04 Å². The van der Waals surface area contributed by atoms with Gasteiger partial charge in [0.2, 0.25) is 0 Å². The van der Waals surface area contributed by atoms with Crippen LogP contribution in [0.1, 0.15) is 22.3 Å². The van der Waals surface area contributed by atoms with Gasteiger partial charge in [-0.1, -0.05) is 0 Å². The summed E-state index contributed by atoms with van der Waals surface area (Å²) in [5, 5.41) is 0. The number of benzene rings is 1. The first-order valence-corrected chi connectivity index (χ1v) is 4.26. The van der Waals surface area contributed by atoms with Crippen molar-refractivity contribution in [3.63, 3.8) is 0 Å². The second kappa shape index (κ2) is 2.92. The van der Waals surface area contributed by atoms with Crippen LogP contribution >= 0.6 is 0 Å². The SMILES string of the molecule is NC1CCc2cc(F)ccc2C1=O. The smallest absolute Gasteiger partial charge is 0.179 e. The first-order valence-electron chi connectivity index (χ1n) is 4.26. The van der Waals surface area contributed by atoms with Gasteiger partial charge in [0.05, 0.1) is 6.04 Å². The van der Waals surface area contributed by atoms with Crippen molar-refractivity contribution in [2.75, 3.05) is 0 Å². The van der Waals surface area contributed by atoms with Crippen LogP contribution in [-0.2, 0) is 6.42 Å². The molecule has 0 heterocycles. The van der Waals surface area contributed by atoms with Crippen molar-refractivity contribution in [3.8, 4) is 0 Å². The highest BCUT2D eigenvalue weighted by molar-refractivity contribution is 6.02. The topological polar surface area (TPSA) is 43.1 Å². The van der Waals surface area contributed by atoms with Crippen molar-refractivity contribution in [2.24, 2.45) is 5.73 Å². The van der Waals surface area contributed by atoms with Crippen LogP contribution in [0.2, 0.25) is 0 Å². The summed E-state index contributed by atoms with van der Waals surface area (Å²) in [7, 11) is 0. The number of rotatable bonds is 0. The van der Waals surface area contributed by atoms with Gasteiger partial charge in [-0.15, -0.1) is 0 Å². The summed E-state index contributed by atoms with van der Waals surface area (Å²) in [6.07, 6.45) is 1.31. The fourth-order valence-corrected chi connectivity index (χ4v) is 1.65. The van der Waals surface area contributed by atoms with E-state index in [9.17, 15) is 9.18 Å². The largest absolute Gasteiger partial charge is 0.321 e. The minimum absolute atomic E-state index is 0.0683. The van der Waals surface area contributed by atoms with Gasteiger partial charge < -0.3 is 5.73 Å². The van der Waals surface area contributed by atoms with Crippen LogP contribution in [0, 0.1) is 5.82 Å². The molecular weight excluding hydrogens is 169 g/mol. The Morgan fingerprint density at radius 1 is 1.46 bits per heavy atom. The van der Waals surface area contributed by atoms with Crippen LogP contribution in [0.15, 0.2) is 18.2 Å². The number of Topliss-reactive ketones (excluding diaryl/α,β-unsaturated/α-hetero) is 1. The van der Waals surface area contributed by atoms with Crippen LogP contribution in [0.5, 0.6) is 0 Å². The molecule has 1 aromatic rings. The van der Waals surface area contributed by atoms with Crippen LogP contribution in [-0.4, -0.2) is 11.8 Å². The van der Waals surface area contributed by atoms with Gasteiger partial charge in [0, 0.05) is 5.56 Å². The zero-order valence-corrected chi connectivity index (χ0v) is 7.09. The molecule has 1 aliphatic rings. The molecule has 2 rings (SSSR count). The molecule has 68 valence electrons. The molecular formula is C10H10FNO. The average Bonchev–Trinajstić information content (AvgIpc) is 2.12. The third-order valence-corrected chi connectivity index (χ3v) is 2.39.